The molecule has 8 nitrogen and oxygen atoms in total. The summed E-state index contributed by atoms with van der Waals surface area (Å²) in [4.78, 5) is 25.5. The average molecular weight is 443 g/mol. The minimum Gasteiger partial charge on any atom is -0.466 e. The molecule has 2 heterocycles. The summed E-state index contributed by atoms with van der Waals surface area (Å²) in [6, 6.07) is 0. The summed E-state index contributed by atoms with van der Waals surface area (Å²) >= 11 is 0. The highest BCUT2D eigenvalue weighted by Gasteiger charge is 2.47. The van der Waals surface area contributed by atoms with Gasteiger partial charge >= 0.3 is 0 Å². The molecule has 174 valence electrons. The molecule has 0 unspecified atom stereocenters. The minimum atomic E-state index is -0.488. The van der Waals surface area contributed by atoms with Crippen molar-refractivity contribution in [1.82, 2.24) is 10.6 Å². The van der Waals surface area contributed by atoms with Crippen LogP contribution in [0.5, 0.6) is 0 Å². The van der Waals surface area contributed by atoms with E-state index in [1.54, 1.807) is 0 Å². The first-order valence-corrected chi connectivity index (χ1v) is 11.8. The summed E-state index contributed by atoms with van der Waals surface area (Å²) in [7, 11) is 0. The third kappa shape index (κ3) is 3.84. The Kier molecular flexibility index (Phi) is 6.14. The highest BCUT2D eigenvalue weighted by molar-refractivity contribution is 6.20. The highest BCUT2D eigenvalue weighted by atomic mass is 16.5. The number of hydrogen-bond donors (Lipinski definition) is 4. The normalized spacial score (nSPS) is 24.1. The number of amides is 2. The SMILES string of the molecule is CC1=C(C(=O)NCCNC(=O)C2=C(C)C3(CCCCC3)OC2=N)C(=N)OC12CCCCC2. The standard InChI is InChI=1S/C24H34N4O4/c1-15-17(19(25)31-23(15)9-5-3-6-10-23)21(29)27-13-14-28-22(30)18-16(2)24(32-20(18)26)11-7-4-8-12-24/h25-26H,3-14H2,1-2H3,(H,27,29)(H,28,30). The van der Waals surface area contributed by atoms with Crippen LogP contribution in [0.1, 0.15) is 78.1 Å². The van der Waals surface area contributed by atoms with Crippen LogP contribution in [0.2, 0.25) is 0 Å². The van der Waals surface area contributed by atoms with E-state index in [1.807, 2.05) is 13.8 Å². The third-order valence-corrected chi connectivity index (χ3v) is 7.64. The third-order valence-electron chi connectivity index (χ3n) is 7.64. The van der Waals surface area contributed by atoms with Gasteiger partial charge in [0, 0.05) is 13.1 Å². The molecule has 4 rings (SSSR count). The minimum absolute atomic E-state index is 0.0546. The lowest BCUT2D eigenvalue weighted by molar-refractivity contribution is -0.118. The Morgan fingerprint density at radius 1 is 0.719 bits per heavy atom. The Labute approximate surface area is 189 Å². The highest BCUT2D eigenvalue weighted by Crippen LogP contribution is 2.44. The van der Waals surface area contributed by atoms with E-state index in [0.717, 1.165) is 75.4 Å². The molecule has 0 saturated heterocycles. The predicted octanol–water partition coefficient (Wildman–Crippen LogP) is 3.27. The monoisotopic (exact) mass is 442 g/mol. The molecule has 0 atom stereocenters. The summed E-state index contributed by atoms with van der Waals surface area (Å²) in [6.45, 7) is 4.25. The molecule has 4 aliphatic rings. The Morgan fingerprint density at radius 2 is 1.06 bits per heavy atom. The van der Waals surface area contributed by atoms with E-state index in [1.165, 1.54) is 0 Å². The molecule has 2 fully saturated rings. The van der Waals surface area contributed by atoms with Gasteiger partial charge in [-0.25, -0.2) is 0 Å². The van der Waals surface area contributed by atoms with Gasteiger partial charge in [-0.15, -0.1) is 0 Å². The largest absolute Gasteiger partial charge is 0.466 e. The number of rotatable bonds is 5. The van der Waals surface area contributed by atoms with Gasteiger partial charge in [-0.2, -0.15) is 0 Å². The molecule has 0 aromatic carbocycles. The van der Waals surface area contributed by atoms with E-state index >= 15 is 0 Å². The Bertz CT molecular complexity index is 831. The van der Waals surface area contributed by atoms with E-state index < -0.39 is 11.2 Å². The van der Waals surface area contributed by atoms with Crippen LogP contribution in [0, 0.1) is 10.8 Å². The molecule has 0 bridgehead atoms. The number of carbonyl (C=O) groups is 2. The van der Waals surface area contributed by atoms with Crippen LogP contribution in [0.15, 0.2) is 22.3 Å². The first-order chi connectivity index (χ1) is 15.3. The van der Waals surface area contributed by atoms with Gasteiger partial charge in [-0.1, -0.05) is 12.8 Å². The number of ether oxygens (including phenoxy) is 2. The molecular weight excluding hydrogens is 408 g/mol. The van der Waals surface area contributed by atoms with Gasteiger partial charge in [0.05, 0.1) is 0 Å². The van der Waals surface area contributed by atoms with Gasteiger partial charge in [-0.3, -0.25) is 20.4 Å². The van der Waals surface area contributed by atoms with Crippen LogP contribution in [-0.2, 0) is 19.1 Å². The number of carbonyl (C=O) groups excluding carboxylic acids is 2. The Hall–Kier alpha value is -2.64. The van der Waals surface area contributed by atoms with E-state index in [4.69, 9.17) is 20.3 Å². The number of nitrogens with one attached hydrogen (secondary N) is 4. The summed E-state index contributed by atoms with van der Waals surface area (Å²) in [5, 5.41) is 21.9. The van der Waals surface area contributed by atoms with Crippen LogP contribution in [0.25, 0.3) is 0 Å². The summed E-state index contributed by atoms with van der Waals surface area (Å²) in [6.07, 6.45) is 9.87. The van der Waals surface area contributed by atoms with Gasteiger partial charge in [0.15, 0.2) is 0 Å². The molecular formula is C24H34N4O4. The lowest BCUT2D eigenvalue weighted by atomic mass is 9.79. The zero-order chi connectivity index (χ0) is 22.9. The summed E-state index contributed by atoms with van der Waals surface area (Å²) in [5.74, 6) is -0.780. The van der Waals surface area contributed by atoms with E-state index in [0.29, 0.717) is 11.1 Å². The fourth-order valence-corrected chi connectivity index (χ4v) is 5.72. The van der Waals surface area contributed by atoms with Crippen LogP contribution in [-0.4, -0.2) is 47.9 Å². The van der Waals surface area contributed by atoms with Crippen molar-refractivity contribution >= 4 is 23.6 Å². The van der Waals surface area contributed by atoms with Crippen LogP contribution >= 0.6 is 0 Å². The quantitative estimate of drug-likeness (QED) is 0.488. The maximum atomic E-state index is 12.7. The van der Waals surface area contributed by atoms with Crippen LogP contribution < -0.4 is 10.6 Å². The first-order valence-electron chi connectivity index (χ1n) is 11.8. The van der Waals surface area contributed by atoms with E-state index in [2.05, 4.69) is 10.6 Å². The van der Waals surface area contributed by atoms with Crippen molar-refractivity contribution in [2.24, 2.45) is 0 Å². The second kappa shape index (κ2) is 8.71. The van der Waals surface area contributed by atoms with Crippen molar-refractivity contribution in [3.05, 3.63) is 22.3 Å². The Balaban J connectivity index is 1.32. The second-order valence-electron chi connectivity index (χ2n) is 9.48. The van der Waals surface area contributed by atoms with E-state index in [-0.39, 0.29) is 36.7 Å². The maximum Gasteiger partial charge on any atom is 0.256 e. The molecule has 2 aliphatic carbocycles. The summed E-state index contributed by atoms with van der Waals surface area (Å²) < 4.78 is 11.7. The fourth-order valence-electron chi connectivity index (χ4n) is 5.72. The smallest absolute Gasteiger partial charge is 0.256 e. The maximum absolute atomic E-state index is 12.7. The van der Waals surface area contributed by atoms with Crippen molar-refractivity contribution in [3.63, 3.8) is 0 Å². The van der Waals surface area contributed by atoms with Crippen molar-refractivity contribution in [1.29, 1.82) is 10.8 Å². The van der Waals surface area contributed by atoms with Gasteiger partial charge in [0.25, 0.3) is 11.8 Å². The van der Waals surface area contributed by atoms with Gasteiger partial charge in [0.1, 0.15) is 22.3 Å². The average Bonchev–Trinajstić information content (AvgIpc) is 3.15. The molecule has 0 aromatic heterocycles. The van der Waals surface area contributed by atoms with Crippen molar-refractivity contribution in [2.45, 2.75) is 89.3 Å². The summed E-state index contributed by atoms with van der Waals surface area (Å²) in [5.41, 5.74) is 1.36. The molecule has 4 N–H and O–H groups in total. The van der Waals surface area contributed by atoms with Gasteiger partial charge in [-0.05, 0) is 76.4 Å². The molecule has 0 aromatic rings. The van der Waals surface area contributed by atoms with Crippen molar-refractivity contribution < 1.29 is 19.1 Å². The zero-order valence-electron chi connectivity index (χ0n) is 19.1. The first kappa shape index (κ1) is 22.6. The molecule has 2 amide bonds. The number of hydrogen-bond acceptors (Lipinski definition) is 6. The van der Waals surface area contributed by atoms with Crippen molar-refractivity contribution in [2.75, 3.05) is 13.1 Å². The Morgan fingerprint density at radius 3 is 1.41 bits per heavy atom. The molecule has 2 spiro atoms. The molecule has 0 radical (unpaired) electrons. The van der Waals surface area contributed by atoms with Gasteiger partial charge in [0.2, 0.25) is 11.8 Å². The second-order valence-corrected chi connectivity index (χ2v) is 9.48. The lowest BCUT2D eigenvalue weighted by Gasteiger charge is -2.33. The lowest BCUT2D eigenvalue weighted by Crippen LogP contribution is -2.37. The fraction of sp³-hybridized carbons (Fsp3) is 0.667. The predicted molar refractivity (Wildman–Crippen MR) is 121 cm³/mol. The van der Waals surface area contributed by atoms with E-state index in [9.17, 15) is 9.59 Å². The molecule has 8 heteroatoms. The van der Waals surface area contributed by atoms with Gasteiger partial charge < -0.3 is 20.1 Å². The molecule has 2 saturated carbocycles. The van der Waals surface area contributed by atoms with Crippen LogP contribution in [0.3, 0.4) is 0 Å². The van der Waals surface area contributed by atoms with Crippen molar-refractivity contribution in [3.8, 4) is 0 Å². The molecule has 32 heavy (non-hydrogen) atoms. The zero-order valence-corrected chi connectivity index (χ0v) is 19.1. The topological polar surface area (TPSA) is 124 Å². The van der Waals surface area contributed by atoms with Crippen LogP contribution in [0.4, 0.5) is 0 Å². The molecule has 2 aliphatic heterocycles.